The normalized spacial score (nSPS) is 22.2. The zero-order chi connectivity index (χ0) is 27.2. The van der Waals surface area contributed by atoms with Gasteiger partial charge in [-0.1, -0.05) is 40.2 Å². The molecule has 2 aliphatic rings. The van der Waals surface area contributed by atoms with Crippen LogP contribution in [0, 0.1) is 11.8 Å². The number of piperidine rings is 2. The average molecular weight is 507 g/mol. The van der Waals surface area contributed by atoms with Crippen molar-refractivity contribution in [2.75, 3.05) is 26.7 Å². The van der Waals surface area contributed by atoms with E-state index in [2.05, 4.69) is 24.1 Å². The van der Waals surface area contributed by atoms with Crippen molar-refractivity contribution >= 4 is 17.7 Å². The molecule has 2 N–H and O–H groups in total. The van der Waals surface area contributed by atoms with E-state index < -0.39 is 6.04 Å². The minimum atomic E-state index is -0.632. The number of aliphatic hydroxyl groups excluding tert-OH is 1. The van der Waals surface area contributed by atoms with Crippen LogP contribution in [0.5, 0.6) is 0 Å². The third-order valence-corrected chi connectivity index (χ3v) is 7.73. The highest BCUT2D eigenvalue weighted by molar-refractivity contribution is 5.93. The highest BCUT2D eigenvalue weighted by Crippen LogP contribution is 2.22. The van der Waals surface area contributed by atoms with E-state index in [0.29, 0.717) is 31.5 Å². The Balaban J connectivity index is 2.16. The van der Waals surface area contributed by atoms with E-state index in [0.717, 1.165) is 25.8 Å². The molecule has 36 heavy (non-hydrogen) atoms. The third kappa shape index (κ3) is 7.78. The molecule has 0 spiro atoms. The lowest BCUT2D eigenvalue weighted by atomic mass is 9.95. The molecule has 0 radical (unpaired) electrons. The molecule has 0 aromatic carbocycles. The first kappa shape index (κ1) is 30.3. The van der Waals surface area contributed by atoms with Gasteiger partial charge in [-0.15, -0.1) is 0 Å². The maximum absolute atomic E-state index is 13.7. The second kappa shape index (κ2) is 13.6. The van der Waals surface area contributed by atoms with Crippen molar-refractivity contribution in [1.82, 2.24) is 20.0 Å². The van der Waals surface area contributed by atoms with Crippen LogP contribution in [0.4, 0.5) is 0 Å². The number of carbonyl (C=O) groups is 3. The zero-order valence-corrected chi connectivity index (χ0v) is 23.8. The Hall–Kier alpha value is -1.93. The van der Waals surface area contributed by atoms with E-state index >= 15 is 0 Å². The van der Waals surface area contributed by atoms with Crippen LogP contribution >= 0.6 is 0 Å². The molecule has 0 aromatic rings. The van der Waals surface area contributed by atoms with Crippen molar-refractivity contribution in [2.24, 2.45) is 11.8 Å². The molecule has 3 amide bonds. The van der Waals surface area contributed by atoms with Gasteiger partial charge in [0.05, 0.1) is 18.2 Å². The molecule has 206 valence electrons. The molecule has 0 aromatic heterocycles. The number of likely N-dealkylation sites (N-methyl/N-ethyl adjacent to an activating group) is 1. The van der Waals surface area contributed by atoms with Crippen molar-refractivity contribution in [3.8, 4) is 0 Å². The third-order valence-electron chi connectivity index (χ3n) is 7.73. The highest BCUT2D eigenvalue weighted by atomic mass is 16.3. The van der Waals surface area contributed by atoms with Gasteiger partial charge in [-0.25, -0.2) is 0 Å². The van der Waals surface area contributed by atoms with Gasteiger partial charge in [0.15, 0.2) is 0 Å². The molecule has 2 fully saturated rings. The van der Waals surface area contributed by atoms with Crippen LogP contribution in [-0.2, 0) is 14.4 Å². The Labute approximate surface area is 218 Å². The number of carbonyl (C=O) groups excluding carboxylic acids is 3. The summed E-state index contributed by atoms with van der Waals surface area (Å²) in [4.78, 5) is 45.7. The van der Waals surface area contributed by atoms with E-state index in [9.17, 15) is 19.5 Å². The molecule has 2 saturated heterocycles. The second-order valence-corrected chi connectivity index (χ2v) is 11.6. The van der Waals surface area contributed by atoms with Crippen LogP contribution in [0.3, 0.4) is 0 Å². The number of hydrogen-bond donors (Lipinski definition) is 2. The van der Waals surface area contributed by atoms with Crippen molar-refractivity contribution in [3.63, 3.8) is 0 Å². The summed E-state index contributed by atoms with van der Waals surface area (Å²) in [6.45, 7) is 16.0. The van der Waals surface area contributed by atoms with Crippen LogP contribution in [0.25, 0.3) is 0 Å². The number of nitrogens with zero attached hydrogens (tertiary/aromatic N) is 3. The lowest BCUT2D eigenvalue weighted by Crippen LogP contribution is -2.58. The van der Waals surface area contributed by atoms with E-state index in [1.165, 1.54) is 0 Å². The summed E-state index contributed by atoms with van der Waals surface area (Å²) in [6, 6.07) is -0.845. The fourth-order valence-corrected chi connectivity index (χ4v) is 5.38. The van der Waals surface area contributed by atoms with E-state index in [1.807, 2.05) is 33.8 Å². The molecule has 2 rings (SSSR count). The standard InChI is InChI=1S/C28H50N4O4/c1-18(2)24(17-21(7)27(35)31-15-12-22(33)13-16-31)30(8)28(36)25(19(3)4)29-26(34)23-11-9-10-14-32(23)20(5)6/h17-20,22-25,33H,9-16H2,1-8H3,(H,29,34)/b21-17+/t23-,24-,25+/m1/s1. The minimum absolute atomic E-state index is 0.0480. The molecule has 0 aliphatic carbocycles. The highest BCUT2D eigenvalue weighted by Gasteiger charge is 2.36. The van der Waals surface area contributed by atoms with Gasteiger partial charge < -0.3 is 20.2 Å². The fraction of sp³-hybridized carbons (Fsp3) is 0.821. The van der Waals surface area contributed by atoms with Gasteiger partial charge in [0.25, 0.3) is 0 Å². The van der Waals surface area contributed by atoms with Crippen molar-refractivity contribution in [3.05, 3.63) is 11.6 Å². The van der Waals surface area contributed by atoms with Gasteiger partial charge >= 0.3 is 0 Å². The SMILES string of the molecule is C/C(=C\[C@H](C(C)C)N(C)C(=O)[C@@H](NC(=O)[C@H]1CCCCN1C(C)C)C(C)C)C(=O)N1CCC(O)CC1. The Bertz CT molecular complexity index is 786. The molecule has 8 nitrogen and oxygen atoms in total. The van der Waals surface area contributed by atoms with Gasteiger partial charge in [-0.2, -0.15) is 0 Å². The first-order chi connectivity index (χ1) is 16.8. The van der Waals surface area contributed by atoms with Gasteiger partial charge in [0, 0.05) is 31.8 Å². The Morgan fingerprint density at radius 1 is 0.944 bits per heavy atom. The maximum atomic E-state index is 13.7. The summed E-state index contributed by atoms with van der Waals surface area (Å²) >= 11 is 0. The fourth-order valence-electron chi connectivity index (χ4n) is 5.38. The quantitative estimate of drug-likeness (QED) is 0.469. The van der Waals surface area contributed by atoms with Crippen molar-refractivity contribution < 1.29 is 19.5 Å². The van der Waals surface area contributed by atoms with Gasteiger partial charge in [-0.3, -0.25) is 19.3 Å². The summed E-state index contributed by atoms with van der Waals surface area (Å²) in [5.41, 5.74) is 0.602. The number of amides is 3. The molecule has 8 heteroatoms. The average Bonchev–Trinajstić information content (AvgIpc) is 2.84. The Morgan fingerprint density at radius 2 is 1.56 bits per heavy atom. The van der Waals surface area contributed by atoms with Gasteiger partial charge in [0.2, 0.25) is 17.7 Å². The van der Waals surface area contributed by atoms with E-state index in [4.69, 9.17) is 0 Å². The largest absolute Gasteiger partial charge is 0.393 e. The lowest BCUT2D eigenvalue weighted by molar-refractivity contribution is -0.140. The number of aliphatic hydroxyl groups is 1. The van der Waals surface area contributed by atoms with Gasteiger partial charge in [0.1, 0.15) is 6.04 Å². The zero-order valence-electron chi connectivity index (χ0n) is 23.8. The summed E-state index contributed by atoms with van der Waals surface area (Å²) in [5, 5.41) is 12.8. The van der Waals surface area contributed by atoms with Crippen LogP contribution in [-0.4, -0.2) is 94.5 Å². The number of nitrogens with one attached hydrogen (secondary N) is 1. The predicted octanol–water partition coefficient (Wildman–Crippen LogP) is 2.80. The topological polar surface area (TPSA) is 93.2 Å². The predicted molar refractivity (Wildman–Crippen MR) is 143 cm³/mol. The monoisotopic (exact) mass is 506 g/mol. The van der Waals surface area contributed by atoms with E-state index in [-0.39, 0.29) is 53.8 Å². The Kier molecular flexibility index (Phi) is 11.4. The Morgan fingerprint density at radius 3 is 2.08 bits per heavy atom. The summed E-state index contributed by atoms with van der Waals surface area (Å²) in [7, 11) is 1.76. The number of hydrogen-bond acceptors (Lipinski definition) is 5. The molecular formula is C28H50N4O4. The second-order valence-electron chi connectivity index (χ2n) is 11.6. The summed E-state index contributed by atoms with van der Waals surface area (Å²) in [5.74, 6) is -0.240. The summed E-state index contributed by atoms with van der Waals surface area (Å²) in [6.07, 6.45) is 5.66. The molecule has 0 unspecified atom stereocenters. The number of rotatable bonds is 9. The maximum Gasteiger partial charge on any atom is 0.249 e. The van der Waals surface area contributed by atoms with E-state index in [1.54, 1.807) is 23.8 Å². The van der Waals surface area contributed by atoms with Gasteiger partial charge in [-0.05, 0) is 64.8 Å². The molecular weight excluding hydrogens is 456 g/mol. The first-order valence-corrected chi connectivity index (χ1v) is 13.8. The van der Waals surface area contributed by atoms with Crippen molar-refractivity contribution in [2.45, 2.75) is 111 Å². The molecule has 2 heterocycles. The smallest absolute Gasteiger partial charge is 0.249 e. The first-order valence-electron chi connectivity index (χ1n) is 13.8. The lowest BCUT2D eigenvalue weighted by Gasteiger charge is -2.39. The molecule has 3 atom stereocenters. The van der Waals surface area contributed by atoms with Crippen LogP contribution in [0.2, 0.25) is 0 Å². The molecule has 0 saturated carbocycles. The van der Waals surface area contributed by atoms with Crippen molar-refractivity contribution in [1.29, 1.82) is 0 Å². The van der Waals surface area contributed by atoms with Crippen LogP contribution in [0.1, 0.15) is 80.6 Å². The number of likely N-dealkylation sites (tertiary alicyclic amines) is 2. The van der Waals surface area contributed by atoms with Crippen LogP contribution < -0.4 is 5.32 Å². The molecule has 0 bridgehead atoms. The molecule has 2 aliphatic heterocycles. The minimum Gasteiger partial charge on any atom is -0.393 e. The van der Waals surface area contributed by atoms with Crippen LogP contribution in [0.15, 0.2) is 11.6 Å². The summed E-state index contributed by atoms with van der Waals surface area (Å²) < 4.78 is 0.